The van der Waals surface area contributed by atoms with Crippen molar-refractivity contribution in [2.24, 2.45) is 0 Å². The monoisotopic (exact) mass is 278 g/mol. The second kappa shape index (κ2) is 6.00. The number of hydrogen-bond donors (Lipinski definition) is 0. The Morgan fingerprint density at radius 1 is 0.944 bits per heavy atom. The lowest BCUT2D eigenvalue weighted by Gasteiger charge is -2.25. The topological polar surface area (TPSA) is 9.23 Å². The van der Waals surface area contributed by atoms with E-state index in [9.17, 15) is 0 Å². The van der Waals surface area contributed by atoms with Crippen LogP contribution in [0.2, 0.25) is 26.2 Å². The van der Waals surface area contributed by atoms with Crippen LogP contribution in [0.3, 0.4) is 0 Å². The first-order valence-corrected chi connectivity index (χ1v) is 12.7. The summed E-state index contributed by atoms with van der Waals surface area (Å²) in [5.41, 5.74) is 4.81. The highest BCUT2D eigenvalue weighted by atomic mass is 28.4. The van der Waals surface area contributed by atoms with Gasteiger partial charge >= 0.3 is 0 Å². The summed E-state index contributed by atoms with van der Waals surface area (Å²) in [7, 11) is -3.12. The van der Waals surface area contributed by atoms with Crippen molar-refractivity contribution in [3.05, 3.63) is 41.7 Å². The zero-order valence-electron chi connectivity index (χ0n) is 12.5. The van der Waals surface area contributed by atoms with Crippen LogP contribution in [-0.2, 0) is 4.43 Å². The fraction of sp³-hybridized carbons (Fsp3) is 0.467. The van der Waals surface area contributed by atoms with E-state index >= 15 is 0 Å². The molecule has 0 unspecified atom stereocenters. The normalized spacial score (nSPS) is 13.5. The van der Waals surface area contributed by atoms with E-state index in [-0.39, 0.29) is 0 Å². The minimum Gasteiger partial charge on any atom is -0.411 e. The summed E-state index contributed by atoms with van der Waals surface area (Å²) in [5, 5.41) is 1.48. The third-order valence-electron chi connectivity index (χ3n) is 2.96. The minimum atomic E-state index is -1.65. The van der Waals surface area contributed by atoms with E-state index in [1.807, 2.05) is 0 Å². The molecule has 0 aromatic heterocycles. The van der Waals surface area contributed by atoms with E-state index in [2.05, 4.69) is 81.8 Å². The Bertz CT molecular complexity index is 394. The average Bonchev–Trinajstić information content (AvgIpc) is 2.26. The molecule has 0 bridgehead atoms. The smallest absolute Gasteiger partial charge is 0.210 e. The van der Waals surface area contributed by atoms with Gasteiger partial charge in [-0.2, -0.15) is 0 Å². The fourth-order valence-corrected chi connectivity index (χ4v) is 7.83. The van der Waals surface area contributed by atoms with Gasteiger partial charge in [0.05, 0.1) is 0 Å². The van der Waals surface area contributed by atoms with Crippen LogP contribution in [-0.4, -0.2) is 22.5 Å². The molecule has 0 fully saturated rings. The maximum absolute atomic E-state index is 6.04. The largest absolute Gasteiger partial charge is 0.411 e. The van der Waals surface area contributed by atoms with Crippen molar-refractivity contribution in [2.45, 2.75) is 46.1 Å². The van der Waals surface area contributed by atoms with Gasteiger partial charge in [-0.05, 0) is 26.9 Å². The van der Waals surface area contributed by atoms with E-state index < -0.39 is 16.4 Å². The highest BCUT2D eigenvalue weighted by Gasteiger charge is 2.24. The Hall–Kier alpha value is -0.646. The van der Waals surface area contributed by atoms with Crippen molar-refractivity contribution in [2.75, 3.05) is 0 Å². The Morgan fingerprint density at radius 3 is 2.00 bits per heavy atom. The molecule has 0 N–H and O–H groups in total. The first-order valence-electron chi connectivity index (χ1n) is 6.67. The van der Waals surface area contributed by atoms with Crippen molar-refractivity contribution in [3.8, 4) is 0 Å². The summed E-state index contributed by atoms with van der Waals surface area (Å²) in [6.07, 6.45) is 0.317. The third-order valence-corrected chi connectivity index (χ3v) is 8.16. The molecule has 0 aliphatic rings. The molecule has 0 spiro atoms. The van der Waals surface area contributed by atoms with E-state index in [4.69, 9.17) is 4.43 Å². The molecule has 100 valence electrons. The Kier molecular flexibility index (Phi) is 5.13. The zero-order chi connectivity index (χ0) is 13.8. The van der Waals surface area contributed by atoms with Gasteiger partial charge in [0.15, 0.2) is 0 Å². The van der Waals surface area contributed by atoms with Crippen molar-refractivity contribution in [1.82, 2.24) is 0 Å². The molecule has 18 heavy (non-hydrogen) atoms. The molecule has 0 radical (unpaired) electrons. The summed E-state index contributed by atoms with van der Waals surface area (Å²) in [4.78, 5) is 0. The quantitative estimate of drug-likeness (QED) is 0.743. The minimum absolute atomic E-state index is 0.317. The molecular formula is C15H26OSi2. The van der Waals surface area contributed by atoms with Gasteiger partial charge in [0.2, 0.25) is 8.32 Å². The molecule has 1 aromatic carbocycles. The molecule has 0 aliphatic heterocycles. The molecule has 0 atom stereocenters. The molecule has 0 heterocycles. The maximum atomic E-state index is 6.04. The van der Waals surface area contributed by atoms with Crippen molar-refractivity contribution < 1.29 is 4.43 Å². The SMILES string of the molecule is CC(C)O[Si](C)(C)/C=C/[Si](C)(C)c1ccccc1. The number of benzene rings is 1. The maximum Gasteiger partial charge on any atom is 0.210 e. The number of rotatable bonds is 5. The van der Waals surface area contributed by atoms with Crippen molar-refractivity contribution >= 4 is 21.6 Å². The summed E-state index contributed by atoms with van der Waals surface area (Å²) in [6.45, 7) is 13.5. The fourth-order valence-electron chi connectivity index (χ4n) is 2.02. The molecular weight excluding hydrogens is 252 g/mol. The lowest BCUT2D eigenvalue weighted by atomic mass is 10.4. The molecule has 3 heteroatoms. The molecule has 1 rings (SSSR count). The lowest BCUT2D eigenvalue weighted by Crippen LogP contribution is -2.41. The summed E-state index contributed by atoms with van der Waals surface area (Å²) in [5.74, 6) is 0. The van der Waals surface area contributed by atoms with Crippen LogP contribution >= 0.6 is 0 Å². The molecule has 1 aromatic rings. The van der Waals surface area contributed by atoms with Crippen LogP contribution in [0, 0.1) is 0 Å². The Balaban J connectivity index is 2.83. The van der Waals surface area contributed by atoms with Gasteiger partial charge in [0.25, 0.3) is 0 Å². The van der Waals surface area contributed by atoms with Gasteiger partial charge in [-0.3, -0.25) is 0 Å². The molecule has 0 saturated carbocycles. The van der Waals surface area contributed by atoms with E-state index in [1.54, 1.807) is 0 Å². The standard InChI is InChI=1S/C15H26OSi2/c1-14(2)16-18(5,6)13-12-17(3,4)15-10-8-7-9-11-15/h7-14H,1-6H3/b13-12+. The van der Waals surface area contributed by atoms with Gasteiger partial charge in [-0.15, -0.1) is 0 Å². The summed E-state index contributed by atoms with van der Waals surface area (Å²) < 4.78 is 6.04. The first-order chi connectivity index (χ1) is 8.23. The second-order valence-electron chi connectivity index (χ2n) is 6.19. The first kappa shape index (κ1) is 15.4. The third kappa shape index (κ3) is 4.92. The predicted octanol–water partition coefficient (Wildman–Crippen LogP) is 3.87. The highest BCUT2D eigenvalue weighted by molar-refractivity contribution is 6.95. The van der Waals surface area contributed by atoms with Gasteiger partial charge in [0, 0.05) is 6.10 Å². The van der Waals surface area contributed by atoms with Gasteiger partial charge in [-0.25, -0.2) is 0 Å². The van der Waals surface area contributed by atoms with Gasteiger partial charge in [-0.1, -0.05) is 60.0 Å². The van der Waals surface area contributed by atoms with Crippen molar-refractivity contribution in [1.29, 1.82) is 0 Å². The number of hydrogen-bond acceptors (Lipinski definition) is 1. The van der Waals surface area contributed by atoms with Crippen molar-refractivity contribution in [3.63, 3.8) is 0 Å². The van der Waals surface area contributed by atoms with E-state index in [0.29, 0.717) is 6.10 Å². The molecule has 0 saturated heterocycles. The van der Waals surface area contributed by atoms with Crippen LogP contribution in [0.4, 0.5) is 0 Å². The Morgan fingerprint density at radius 2 is 1.50 bits per heavy atom. The van der Waals surface area contributed by atoms with E-state index in [1.165, 1.54) is 5.19 Å². The summed E-state index contributed by atoms with van der Waals surface area (Å²) >= 11 is 0. The van der Waals surface area contributed by atoms with Crippen LogP contribution in [0.1, 0.15) is 13.8 Å². The molecule has 0 amide bonds. The van der Waals surface area contributed by atoms with Crippen LogP contribution in [0.5, 0.6) is 0 Å². The average molecular weight is 279 g/mol. The summed E-state index contributed by atoms with van der Waals surface area (Å²) in [6, 6.07) is 10.8. The zero-order valence-corrected chi connectivity index (χ0v) is 14.5. The van der Waals surface area contributed by atoms with Crippen LogP contribution < -0.4 is 5.19 Å². The predicted molar refractivity (Wildman–Crippen MR) is 86.4 cm³/mol. The Labute approximate surface area is 114 Å². The second-order valence-corrected chi connectivity index (χ2v) is 14.3. The van der Waals surface area contributed by atoms with E-state index in [0.717, 1.165) is 0 Å². The molecule has 1 nitrogen and oxygen atoms in total. The highest BCUT2D eigenvalue weighted by Crippen LogP contribution is 2.13. The van der Waals surface area contributed by atoms with Crippen LogP contribution in [0.25, 0.3) is 0 Å². The molecule has 0 aliphatic carbocycles. The van der Waals surface area contributed by atoms with Crippen LogP contribution in [0.15, 0.2) is 41.7 Å². The van der Waals surface area contributed by atoms with Gasteiger partial charge in [0.1, 0.15) is 8.07 Å². The van der Waals surface area contributed by atoms with Gasteiger partial charge < -0.3 is 4.43 Å². The lowest BCUT2D eigenvalue weighted by molar-refractivity contribution is 0.238.